The average molecular weight is 446 g/mol. The molecule has 0 aliphatic rings. The Morgan fingerprint density at radius 1 is 1.06 bits per heavy atom. The lowest BCUT2D eigenvalue weighted by Gasteiger charge is -2.04. The van der Waals surface area contributed by atoms with Gasteiger partial charge >= 0.3 is 0 Å². The number of nitro groups is 1. The highest BCUT2D eigenvalue weighted by atomic mass is 32.1. The number of hydrogen-bond donors (Lipinski definition) is 1. The molecule has 0 amide bonds. The second-order valence-electron chi connectivity index (χ2n) is 7.00. The van der Waals surface area contributed by atoms with Gasteiger partial charge in [-0.05, 0) is 36.8 Å². The van der Waals surface area contributed by atoms with Gasteiger partial charge in [-0.25, -0.2) is 9.98 Å². The summed E-state index contributed by atoms with van der Waals surface area (Å²) >= 11 is 1.37. The number of benzene rings is 3. The molecule has 0 aliphatic heterocycles. The van der Waals surface area contributed by atoms with Crippen molar-refractivity contribution in [3.8, 4) is 33.2 Å². The van der Waals surface area contributed by atoms with Crippen molar-refractivity contribution < 1.29 is 14.8 Å². The largest absolute Gasteiger partial charge is 0.504 e. The van der Waals surface area contributed by atoms with Gasteiger partial charge in [0.25, 0.3) is 5.69 Å². The maximum absolute atomic E-state index is 11.0. The van der Waals surface area contributed by atoms with Crippen LogP contribution in [-0.4, -0.2) is 28.3 Å². The smallest absolute Gasteiger partial charge is 0.269 e. The summed E-state index contributed by atoms with van der Waals surface area (Å²) in [5, 5.41) is 21.8. The van der Waals surface area contributed by atoms with Crippen molar-refractivity contribution in [3.63, 3.8) is 0 Å². The third-order valence-electron chi connectivity index (χ3n) is 4.85. The molecule has 0 unspecified atom stereocenters. The van der Waals surface area contributed by atoms with Crippen LogP contribution >= 0.6 is 11.3 Å². The predicted octanol–water partition coefficient (Wildman–Crippen LogP) is 6.16. The molecule has 0 aliphatic carbocycles. The molecule has 0 saturated carbocycles. The molecule has 0 fully saturated rings. The molecule has 1 heterocycles. The molecule has 4 rings (SSSR count). The number of methoxy groups -OCH3 is 1. The van der Waals surface area contributed by atoms with E-state index < -0.39 is 4.92 Å². The SMILES string of the molecule is COc1cccc(/C=N\c2nc(-c3ccc(C)cc3)c(-c3ccc([N+](=O)[O-])cc3)s2)c1O. The lowest BCUT2D eigenvalue weighted by Crippen LogP contribution is -1.88. The lowest BCUT2D eigenvalue weighted by atomic mass is 10.1. The maximum atomic E-state index is 11.0. The van der Waals surface area contributed by atoms with Gasteiger partial charge in [-0.2, -0.15) is 0 Å². The molecule has 32 heavy (non-hydrogen) atoms. The first-order valence-corrected chi connectivity index (χ1v) is 10.5. The summed E-state index contributed by atoms with van der Waals surface area (Å²) in [6.45, 7) is 2.01. The zero-order valence-electron chi connectivity index (χ0n) is 17.4. The van der Waals surface area contributed by atoms with E-state index in [1.807, 2.05) is 31.2 Å². The fourth-order valence-electron chi connectivity index (χ4n) is 3.13. The quantitative estimate of drug-likeness (QED) is 0.218. The van der Waals surface area contributed by atoms with Crippen LogP contribution < -0.4 is 4.74 Å². The van der Waals surface area contributed by atoms with Gasteiger partial charge in [-0.3, -0.25) is 10.1 Å². The van der Waals surface area contributed by atoms with Gasteiger partial charge in [0.2, 0.25) is 5.13 Å². The number of aromatic hydroxyl groups is 1. The van der Waals surface area contributed by atoms with Crippen LogP contribution in [0.5, 0.6) is 11.5 Å². The van der Waals surface area contributed by atoms with E-state index in [0.29, 0.717) is 16.4 Å². The number of rotatable bonds is 6. The van der Waals surface area contributed by atoms with Crippen LogP contribution in [0.2, 0.25) is 0 Å². The van der Waals surface area contributed by atoms with E-state index in [-0.39, 0.29) is 11.4 Å². The number of aromatic nitrogens is 1. The molecule has 0 bridgehead atoms. The molecule has 3 aromatic carbocycles. The highest BCUT2D eigenvalue weighted by molar-refractivity contribution is 7.19. The number of aryl methyl sites for hydroxylation is 1. The first-order chi connectivity index (χ1) is 15.5. The highest BCUT2D eigenvalue weighted by Gasteiger charge is 2.16. The van der Waals surface area contributed by atoms with Gasteiger partial charge in [-0.15, -0.1) is 0 Å². The molecule has 7 nitrogen and oxygen atoms in total. The number of nitro benzene ring substituents is 1. The van der Waals surface area contributed by atoms with E-state index in [4.69, 9.17) is 9.72 Å². The number of nitrogens with zero attached hydrogens (tertiary/aromatic N) is 3. The molecule has 0 saturated heterocycles. The summed E-state index contributed by atoms with van der Waals surface area (Å²) in [6, 6.07) is 19.5. The van der Waals surface area contributed by atoms with Gasteiger partial charge in [-0.1, -0.05) is 47.2 Å². The Hall–Kier alpha value is -4.04. The highest BCUT2D eigenvalue weighted by Crippen LogP contribution is 2.41. The number of ether oxygens (including phenoxy) is 1. The Labute approximate surface area is 188 Å². The number of non-ortho nitro benzene ring substituents is 1. The normalized spacial score (nSPS) is 11.1. The number of hydrogen-bond acceptors (Lipinski definition) is 7. The third kappa shape index (κ3) is 4.35. The molecule has 4 aromatic rings. The zero-order valence-corrected chi connectivity index (χ0v) is 18.2. The summed E-state index contributed by atoms with van der Waals surface area (Å²) in [5.74, 6) is 0.365. The second-order valence-corrected chi connectivity index (χ2v) is 7.98. The van der Waals surface area contributed by atoms with Crippen LogP contribution in [0.25, 0.3) is 21.7 Å². The van der Waals surface area contributed by atoms with Crippen LogP contribution in [0.15, 0.2) is 71.7 Å². The molecule has 1 aromatic heterocycles. The lowest BCUT2D eigenvalue weighted by molar-refractivity contribution is -0.384. The fourth-order valence-corrected chi connectivity index (χ4v) is 4.07. The Bertz CT molecular complexity index is 1300. The summed E-state index contributed by atoms with van der Waals surface area (Å²) in [7, 11) is 1.49. The van der Waals surface area contributed by atoms with E-state index >= 15 is 0 Å². The van der Waals surface area contributed by atoms with Crippen molar-refractivity contribution in [2.24, 2.45) is 4.99 Å². The van der Waals surface area contributed by atoms with Crippen molar-refractivity contribution in [2.45, 2.75) is 6.92 Å². The van der Waals surface area contributed by atoms with Gasteiger partial charge in [0, 0.05) is 29.5 Å². The summed E-state index contributed by atoms with van der Waals surface area (Å²) in [6.07, 6.45) is 1.54. The molecule has 0 spiro atoms. The van der Waals surface area contributed by atoms with E-state index in [2.05, 4.69) is 4.99 Å². The van der Waals surface area contributed by atoms with Crippen molar-refractivity contribution in [1.82, 2.24) is 4.98 Å². The van der Waals surface area contributed by atoms with Crippen LogP contribution in [0, 0.1) is 17.0 Å². The molecule has 160 valence electrons. The first kappa shape index (κ1) is 21.2. The third-order valence-corrected chi connectivity index (χ3v) is 5.86. The molecule has 1 N–H and O–H groups in total. The first-order valence-electron chi connectivity index (χ1n) is 9.69. The molecular formula is C24H19N3O4S. The molecule has 0 radical (unpaired) electrons. The predicted molar refractivity (Wildman–Crippen MR) is 126 cm³/mol. The van der Waals surface area contributed by atoms with Gasteiger partial charge in [0.15, 0.2) is 11.5 Å². The number of phenolic OH excluding ortho intramolecular Hbond substituents is 1. The van der Waals surface area contributed by atoms with Crippen LogP contribution in [-0.2, 0) is 0 Å². The molecule has 8 heteroatoms. The van der Waals surface area contributed by atoms with Crippen molar-refractivity contribution in [1.29, 1.82) is 0 Å². The molecular weight excluding hydrogens is 426 g/mol. The van der Waals surface area contributed by atoms with E-state index in [0.717, 1.165) is 27.3 Å². The van der Waals surface area contributed by atoms with Crippen molar-refractivity contribution in [2.75, 3.05) is 7.11 Å². The van der Waals surface area contributed by atoms with E-state index in [1.165, 1.54) is 36.8 Å². The van der Waals surface area contributed by atoms with Crippen molar-refractivity contribution >= 4 is 28.4 Å². The summed E-state index contributed by atoms with van der Waals surface area (Å²) < 4.78 is 5.14. The molecule has 0 atom stereocenters. The Kier molecular flexibility index (Phi) is 5.96. The van der Waals surface area contributed by atoms with Crippen LogP contribution in [0.1, 0.15) is 11.1 Å². The van der Waals surface area contributed by atoms with Crippen LogP contribution in [0.4, 0.5) is 10.8 Å². The number of aliphatic imine (C=N–C) groups is 1. The van der Waals surface area contributed by atoms with Crippen LogP contribution in [0.3, 0.4) is 0 Å². The monoisotopic (exact) mass is 445 g/mol. The topological polar surface area (TPSA) is 97.9 Å². The second kappa shape index (κ2) is 8.99. The standard InChI is InChI=1S/C24H19N3O4S/c1-15-6-8-16(9-7-15)21-23(17-10-12-19(13-11-17)27(29)30)32-24(26-21)25-14-18-4-3-5-20(31-2)22(18)28/h3-14,28H,1-2H3/b25-14-. The van der Waals surface area contributed by atoms with E-state index in [1.54, 1.807) is 30.3 Å². The maximum Gasteiger partial charge on any atom is 0.269 e. The summed E-state index contributed by atoms with van der Waals surface area (Å²) in [5.41, 5.74) is 4.15. The Morgan fingerprint density at radius 2 is 1.75 bits per heavy atom. The minimum Gasteiger partial charge on any atom is -0.504 e. The number of phenols is 1. The van der Waals surface area contributed by atoms with Crippen molar-refractivity contribution in [3.05, 3.63) is 88.0 Å². The number of thiazole rings is 1. The number of para-hydroxylation sites is 1. The Balaban J connectivity index is 1.77. The van der Waals surface area contributed by atoms with Gasteiger partial charge in [0.05, 0.1) is 22.6 Å². The Morgan fingerprint density at radius 3 is 2.41 bits per heavy atom. The van der Waals surface area contributed by atoms with Gasteiger partial charge in [0.1, 0.15) is 0 Å². The minimum atomic E-state index is -0.423. The van der Waals surface area contributed by atoms with Gasteiger partial charge < -0.3 is 9.84 Å². The minimum absolute atomic E-state index is 0.00431. The zero-order chi connectivity index (χ0) is 22.7. The fraction of sp³-hybridized carbons (Fsp3) is 0.0833. The van der Waals surface area contributed by atoms with E-state index in [9.17, 15) is 15.2 Å². The average Bonchev–Trinajstić information content (AvgIpc) is 3.23. The summed E-state index contributed by atoms with van der Waals surface area (Å²) in [4.78, 5) is 20.6.